The van der Waals surface area contributed by atoms with E-state index in [1.54, 1.807) is 36.1 Å². The van der Waals surface area contributed by atoms with E-state index >= 15 is 0 Å². The summed E-state index contributed by atoms with van der Waals surface area (Å²) >= 11 is 0. The Morgan fingerprint density at radius 2 is 1.72 bits per heavy atom. The van der Waals surface area contributed by atoms with Crippen molar-refractivity contribution in [3.8, 4) is 22.6 Å². The van der Waals surface area contributed by atoms with Crippen LogP contribution in [-0.2, 0) is 6.54 Å². The quantitative estimate of drug-likeness (QED) is 0.444. The molecule has 0 saturated carbocycles. The molecule has 0 radical (unpaired) electrons. The molecule has 0 unspecified atom stereocenters. The highest BCUT2D eigenvalue weighted by molar-refractivity contribution is 5.98. The molecule has 1 heterocycles. The van der Waals surface area contributed by atoms with Crippen LogP contribution in [0.1, 0.15) is 35.7 Å². The first-order valence-electron chi connectivity index (χ1n) is 10.7. The Balaban J connectivity index is 1.55. The number of carbonyl (C=O) groups excluding carboxylic acids is 1. The van der Waals surface area contributed by atoms with Crippen molar-refractivity contribution >= 4 is 5.91 Å². The van der Waals surface area contributed by atoms with E-state index in [4.69, 9.17) is 9.47 Å². The largest absolute Gasteiger partial charge is 0.491 e. The lowest BCUT2D eigenvalue weighted by atomic mass is 10.0. The van der Waals surface area contributed by atoms with Crippen LogP contribution in [0.4, 0.5) is 8.78 Å². The van der Waals surface area contributed by atoms with Gasteiger partial charge in [-0.25, -0.2) is 0 Å². The van der Waals surface area contributed by atoms with Gasteiger partial charge in [-0.1, -0.05) is 55.5 Å². The third kappa shape index (κ3) is 5.07. The second-order valence-electron chi connectivity index (χ2n) is 7.79. The molecule has 1 aliphatic heterocycles. The van der Waals surface area contributed by atoms with Crippen molar-refractivity contribution in [1.29, 1.82) is 0 Å². The van der Waals surface area contributed by atoms with Gasteiger partial charge in [0, 0.05) is 6.54 Å². The van der Waals surface area contributed by atoms with Crippen molar-refractivity contribution in [2.75, 3.05) is 13.2 Å². The molecule has 0 bridgehead atoms. The summed E-state index contributed by atoms with van der Waals surface area (Å²) in [5.41, 5.74) is 3.14. The summed E-state index contributed by atoms with van der Waals surface area (Å²) in [5, 5.41) is 0. The summed E-state index contributed by atoms with van der Waals surface area (Å²) in [6.07, 6.45) is -3.19. The first-order chi connectivity index (χ1) is 15.4. The molecule has 1 aliphatic rings. The number of alkyl halides is 2. The third-order valence-corrected chi connectivity index (χ3v) is 5.33. The molecule has 0 spiro atoms. The average Bonchev–Trinajstić information content (AvgIpc) is 2.93. The van der Waals surface area contributed by atoms with Gasteiger partial charge in [-0.05, 0) is 47.4 Å². The summed E-state index contributed by atoms with van der Waals surface area (Å²) < 4.78 is 38.1. The number of hydrogen-bond acceptors (Lipinski definition) is 3. The number of benzene rings is 3. The zero-order chi connectivity index (χ0) is 22.6. The van der Waals surface area contributed by atoms with E-state index in [1.165, 1.54) is 12.1 Å². The van der Waals surface area contributed by atoms with E-state index in [-0.39, 0.29) is 18.1 Å². The first-order valence-corrected chi connectivity index (χ1v) is 10.7. The second-order valence-corrected chi connectivity index (χ2v) is 7.79. The molecule has 0 saturated heterocycles. The predicted molar refractivity (Wildman–Crippen MR) is 119 cm³/mol. The number of fused-ring (bicyclic) bond motifs is 1. The van der Waals surface area contributed by atoms with Gasteiger partial charge in [0.15, 0.2) is 0 Å². The number of rotatable bonds is 7. The molecular formula is C26H25F2NO3. The van der Waals surface area contributed by atoms with Gasteiger partial charge >= 0.3 is 6.11 Å². The Morgan fingerprint density at radius 3 is 2.44 bits per heavy atom. The molecule has 4 nitrogen and oxygen atoms in total. The zero-order valence-electron chi connectivity index (χ0n) is 17.9. The van der Waals surface area contributed by atoms with Crippen LogP contribution in [0.15, 0.2) is 72.8 Å². The molecule has 3 aromatic rings. The van der Waals surface area contributed by atoms with Gasteiger partial charge in [-0.15, -0.1) is 0 Å². The van der Waals surface area contributed by atoms with Crippen LogP contribution >= 0.6 is 0 Å². The highest BCUT2D eigenvalue weighted by Gasteiger charge is 2.30. The topological polar surface area (TPSA) is 38.8 Å². The van der Waals surface area contributed by atoms with Crippen LogP contribution in [0.3, 0.4) is 0 Å². The highest BCUT2D eigenvalue weighted by Crippen LogP contribution is 2.32. The van der Waals surface area contributed by atoms with Gasteiger partial charge in [0.05, 0.1) is 18.5 Å². The Labute approximate surface area is 186 Å². The van der Waals surface area contributed by atoms with Crippen LogP contribution in [0.5, 0.6) is 11.5 Å². The molecule has 4 rings (SSSR count). The molecule has 0 atom stereocenters. The fourth-order valence-corrected chi connectivity index (χ4v) is 3.72. The molecule has 1 amide bonds. The lowest BCUT2D eigenvalue weighted by molar-refractivity contribution is -0.180. The number of halogens is 2. The molecule has 0 aliphatic carbocycles. The molecule has 166 valence electrons. The second kappa shape index (κ2) is 9.39. The predicted octanol–water partition coefficient (Wildman–Crippen LogP) is 6.16. The third-order valence-electron chi connectivity index (χ3n) is 5.33. The van der Waals surface area contributed by atoms with Crippen LogP contribution in [0.2, 0.25) is 0 Å². The van der Waals surface area contributed by atoms with Crippen LogP contribution in [-0.4, -0.2) is 30.1 Å². The van der Waals surface area contributed by atoms with Crippen molar-refractivity contribution < 1.29 is 23.0 Å². The van der Waals surface area contributed by atoms with E-state index in [0.717, 1.165) is 16.7 Å². The Morgan fingerprint density at radius 1 is 1.00 bits per heavy atom. The summed E-state index contributed by atoms with van der Waals surface area (Å²) in [5.74, 6) is 0.561. The van der Waals surface area contributed by atoms with Crippen molar-refractivity contribution in [1.82, 2.24) is 4.90 Å². The van der Waals surface area contributed by atoms with E-state index in [9.17, 15) is 13.6 Å². The number of amides is 1. The fraction of sp³-hybridized carbons (Fsp3) is 0.269. The minimum Gasteiger partial charge on any atom is -0.491 e. The maximum Gasteiger partial charge on any atom is 0.397 e. The highest BCUT2D eigenvalue weighted by atomic mass is 19.3. The normalized spacial score (nSPS) is 13.8. The smallest absolute Gasteiger partial charge is 0.397 e. The molecular weight excluding hydrogens is 412 g/mol. The summed E-state index contributed by atoms with van der Waals surface area (Å²) in [4.78, 5) is 15.0. The van der Waals surface area contributed by atoms with E-state index < -0.39 is 6.11 Å². The average molecular weight is 437 g/mol. The molecule has 3 aromatic carbocycles. The monoisotopic (exact) mass is 437 g/mol. The molecule has 6 heteroatoms. The van der Waals surface area contributed by atoms with Gasteiger partial charge in [0.2, 0.25) is 0 Å². The van der Waals surface area contributed by atoms with Crippen molar-refractivity contribution in [2.45, 2.75) is 32.4 Å². The van der Waals surface area contributed by atoms with Crippen molar-refractivity contribution in [3.63, 3.8) is 0 Å². The van der Waals surface area contributed by atoms with Gasteiger partial charge < -0.3 is 14.4 Å². The lowest BCUT2D eigenvalue weighted by Gasteiger charge is -2.20. The number of ether oxygens (including phenoxy) is 2. The standard InChI is InChI=1S/C26H25F2NO3/c1-2-14-26(27,28)32-22-11-8-20(9-12-22)21-10-13-24-23(17-21)25(30)29(15-16-31-24)18-19-6-4-3-5-7-19/h3-13,17H,2,14-16,18H2,1H3. The summed E-state index contributed by atoms with van der Waals surface area (Å²) in [6.45, 7) is 3.11. The van der Waals surface area contributed by atoms with Gasteiger partial charge in [0.1, 0.15) is 18.1 Å². The molecule has 0 N–H and O–H groups in total. The summed E-state index contributed by atoms with van der Waals surface area (Å²) in [6, 6.07) is 21.7. The minimum atomic E-state index is -3.19. The van der Waals surface area contributed by atoms with Crippen molar-refractivity contribution in [2.24, 2.45) is 0 Å². The molecule has 0 fully saturated rings. The maximum atomic E-state index is 13.7. The minimum absolute atomic E-state index is 0.0950. The van der Waals surface area contributed by atoms with Crippen LogP contribution < -0.4 is 9.47 Å². The zero-order valence-corrected chi connectivity index (χ0v) is 17.9. The van der Waals surface area contributed by atoms with Crippen LogP contribution in [0.25, 0.3) is 11.1 Å². The fourth-order valence-electron chi connectivity index (χ4n) is 3.72. The number of hydrogen-bond donors (Lipinski definition) is 0. The molecule has 0 aromatic heterocycles. The number of nitrogens with zero attached hydrogens (tertiary/aromatic N) is 1. The van der Waals surface area contributed by atoms with Gasteiger partial charge in [-0.2, -0.15) is 8.78 Å². The van der Waals surface area contributed by atoms with Gasteiger partial charge in [0.25, 0.3) is 5.91 Å². The van der Waals surface area contributed by atoms with Crippen molar-refractivity contribution in [3.05, 3.63) is 83.9 Å². The Hall–Kier alpha value is -3.41. The Kier molecular flexibility index (Phi) is 6.40. The first kappa shape index (κ1) is 21.8. The number of carbonyl (C=O) groups is 1. The summed E-state index contributed by atoms with van der Waals surface area (Å²) in [7, 11) is 0. The van der Waals surface area contributed by atoms with Gasteiger partial charge in [-0.3, -0.25) is 4.79 Å². The Bertz CT molecular complexity index is 1070. The van der Waals surface area contributed by atoms with E-state index in [2.05, 4.69) is 0 Å². The van der Waals surface area contributed by atoms with Crippen LogP contribution in [0, 0.1) is 0 Å². The van der Waals surface area contributed by atoms with E-state index in [0.29, 0.717) is 37.4 Å². The lowest BCUT2D eigenvalue weighted by Crippen LogP contribution is -2.31. The maximum absolute atomic E-state index is 13.7. The van der Waals surface area contributed by atoms with E-state index in [1.807, 2.05) is 36.4 Å². The SMILES string of the molecule is CCCC(F)(F)Oc1ccc(-c2ccc3c(c2)C(=O)N(Cc2ccccc2)CCO3)cc1. The molecule has 32 heavy (non-hydrogen) atoms.